The van der Waals surface area contributed by atoms with Crippen molar-refractivity contribution < 1.29 is 15.3 Å². The fourth-order valence-electron chi connectivity index (χ4n) is 5.67. The third-order valence-electron chi connectivity index (χ3n) is 7.34. The summed E-state index contributed by atoms with van der Waals surface area (Å²) in [6.07, 6.45) is 5.42. The lowest BCUT2D eigenvalue weighted by molar-refractivity contribution is 0.220. The summed E-state index contributed by atoms with van der Waals surface area (Å²) in [4.78, 5) is 0. The predicted octanol–water partition coefficient (Wildman–Crippen LogP) is 7.11. The Morgan fingerprint density at radius 2 is 1.09 bits per heavy atom. The van der Waals surface area contributed by atoms with Crippen LogP contribution in [0.2, 0.25) is 0 Å². The van der Waals surface area contributed by atoms with E-state index in [1.807, 2.05) is 36.4 Å². The average Bonchev–Trinajstić information content (AvgIpc) is 2.79. The Kier molecular flexibility index (Phi) is 6.45. The smallest absolute Gasteiger partial charge is 0.115 e. The van der Waals surface area contributed by atoms with E-state index in [4.69, 9.17) is 0 Å². The maximum Gasteiger partial charge on any atom is 0.115 e. The lowest BCUT2D eigenvalue weighted by Crippen LogP contribution is -2.35. The Morgan fingerprint density at radius 1 is 0.688 bits per heavy atom. The highest BCUT2D eigenvalue weighted by Gasteiger charge is 2.40. The van der Waals surface area contributed by atoms with Gasteiger partial charge in [-0.25, -0.2) is 0 Å². The first-order chi connectivity index (χ1) is 15.4. The quantitative estimate of drug-likeness (QED) is 0.390. The van der Waals surface area contributed by atoms with Gasteiger partial charge in [-0.15, -0.1) is 0 Å². The molecule has 0 amide bonds. The van der Waals surface area contributed by atoms with Crippen LogP contribution in [0.3, 0.4) is 0 Å². The number of aromatic hydroxyl groups is 3. The summed E-state index contributed by atoms with van der Waals surface area (Å²) in [6.45, 7) is 4.57. The molecule has 0 spiro atoms. The maximum absolute atomic E-state index is 9.84. The Morgan fingerprint density at radius 3 is 1.50 bits per heavy atom. The monoisotopic (exact) mass is 430 g/mol. The van der Waals surface area contributed by atoms with Gasteiger partial charge in [0.1, 0.15) is 17.2 Å². The molecular formula is C29H34O3. The Hall–Kier alpha value is -2.94. The first-order valence-corrected chi connectivity index (χ1v) is 11.8. The highest BCUT2D eigenvalue weighted by atomic mass is 16.3. The normalized spacial score (nSPS) is 17.3. The second-order valence-electron chi connectivity index (χ2n) is 9.84. The fraction of sp³-hybridized carbons (Fsp3) is 0.379. The predicted molar refractivity (Wildman–Crippen MR) is 129 cm³/mol. The van der Waals surface area contributed by atoms with Gasteiger partial charge < -0.3 is 15.3 Å². The Bertz CT molecular complexity index is 948. The third kappa shape index (κ3) is 4.62. The summed E-state index contributed by atoms with van der Waals surface area (Å²) < 4.78 is 0. The van der Waals surface area contributed by atoms with Gasteiger partial charge in [0.25, 0.3) is 0 Å². The van der Waals surface area contributed by atoms with E-state index in [2.05, 4.69) is 26.0 Å². The highest BCUT2D eigenvalue weighted by molar-refractivity contribution is 5.43. The molecule has 1 fully saturated rings. The van der Waals surface area contributed by atoms with E-state index in [9.17, 15) is 15.3 Å². The summed E-state index contributed by atoms with van der Waals surface area (Å²) in [5.41, 5.74) is 3.66. The minimum absolute atomic E-state index is 0.116. The van der Waals surface area contributed by atoms with Crippen molar-refractivity contribution in [1.82, 2.24) is 0 Å². The van der Waals surface area contributed by atoms with Crippen LogP contribution in [-0.4, -0.2) is 15.3 Å². The highest BCUT2D eigenvalue weighted by Crippen LogP contribution is 2.51. The van der Waals surface area contributed by atoms with Crippen LogP contribution in [0.25, 0.3) is 0 Å². The number of benzene rings is 3. The molecule has 0 heterocycles. The van der Waals surface area contributed by atoms with Crippen molar-refractivity contribution in [3.8, 4) is 17.2 Å². The zero-order chi connectivity index (χ0) is 22.7. The molecule has 0 aromatic heterocycles. The van der Waals surface area contributed by atoms with Gasteiger partial charge in [-0.2, -0.15) is 0 Å². The molecule has 0 aliphatic heterocycles. The molecule has 4 rings (SSSR count). The third-order valence-corrected chi connectivity index (χ3v) is 7.34. The van der Waals surface area contributed by atoms with E-state index in [1.165, 1.54) is 16.7 Å². The van der Waals surface area contributed by atoms with Crippen LogP contribution < -0.4 is 0 Å². The van der Waals surface area contributed by atoms with Crippen molar-refractivity contribution in [2.75, 3.05) is 0 Å². The Labute approximate surface area is 191 Å². The first-order valence-electron chi connectivity index (χ1n) is 11.8. The molecule has 1 saturated carbocycles. The van der Waals surface area contributed by atoms with E-state index in [0.717, 1.165) is 32.1 Å². The zero-order valence-electron chi connectivity index (χ0n) is 19.0. The molecule has 32 heavy (non-hydrogen) atoms. The molecule has 1 aliphatic carbocycles. The van der Waals surface area contributed by atoms with Gasteiger partial charge >= 0.3 is 0 Å². The van der Waals surface area contributed by atoms with Crippen molar-refractivity contribution in [1.29, 1.82) is 0 Å². The van der Waals surface area contributed by atoms with Gasteiger partial charge in [-0.3, -0.25) is 0 Å². The summed E-state index contributed by atoms with van der Waals surface area (Å²) in [5.74, 6) is 2.56. The minimum Gasteiger partial charge on any atom is -0.508 e. The van der Waals surface area contributed by atoms with Crippen LogP contribution in [0.5, 0.6) is 17.2 Å². The number of phenolic OH excluding ortho intramolecular Hbond substituents is 3. The molecule has 1 unspecified atom stereocenters. The van der Waals surface area contributed by atoms with Crippen LogP contribution >= 0.6 is 0 Å². The van der Waals surface area contributed by atoms with Crippen LogP contribution in [0, 0.1) is 11.8 Å². The van der Waals surface area contributed by atoms with Gasteiger partial charge in [-0.1, -0.05) is 50.2 Å². The van der Waals surface area contributed by atoms with E-state index in [-0.39, 0.29) is 16.9 Å². The summed E-state index contributed by atoms with van der Waals surface area (Å²) in [6, 6.07) is 23.1. The minimum atomic E-state index is -0.116. The second-order valence-corrected chi connectivity index (χ2v) is 9.84. The van der Waals surface area contributed by atoms with Gasteiger partial charge in [0, 0.05) is 5.41 Å². The number of hydrogen-bond donors (Lipinski definition) is 3. The standard InChI is InChI=1S/C29H34O3/c1-20(2)19-28(21-3-9-25(30)10-4-21)22-15-17-29(18-16-22,23-5-11-26(31)12-6-23)24-7-13-27(32)14-8-24/h3-14,20,22,28,30-32H,15-19H2,1-2H3. The topological polar surface area (TPSA) is 60.7 Å². The molecule has 3 N–H and O–H groups in total. The number of rotatable bonds is 6. The number of hydrogen-bond acceptors (Lipinski definition) is 3. The molecule has 1 aliphatic rings. The largest absolute Gasteiger partial charge is 0.508 e. The summed E-state index contributed by atoms with van der Waals surface area (Å²) >= 11 is 0. The fourth-order valence-corrected chi connectivity index (χ4v) is 5.67. The van der Waals surface area contributed by atoms with E-state index in [0.29, 0.717) is 23.5 Å². The molecule has 3 aromatic rings. The van der Waals surface area contributed by atoms with Gasteiger partial charge in [0.05, 0.1) is 0 Å². The molecule has 3 nitrogen and oxygen atoms in total. The lowest BCUT2D eigenvalue weighted by atomic mass is 9.60. The molecule has 3 aromatic carbocycles. The van der Waals surface area contributed by atoms with Crippen LogP contribution in [0.4, 0.5) is 0 Å². The molecule has 1 atom stereocenters. The van der Waals surface area contributed by atoms with Crippen molar-refractivity contribution in [2.24, 2.45) is 11.8 Å². The van der Waals surface area contributed by atoms with E-state index in [1.54, 1.807) is 24.3 Å². The van der Waals surface area contributed by atoms with E-state index >= 15 is 0 Å². The molecule has 0 saturated heterocycles. The molecule has 168 valence electrons. The van der Waals surface area contributed by atoms with Crippen LogP contribution in [-0.2, 0) is 5.41 Å². The van der Waals surface area contributed by atoms with Crippen molar-refractivity contribution in [3.05, 3.63) is 89.5 Å². The summed E-state index contributed by atoms with van der Waals surface area (Å²) in [5, 5.41) is 29.4. The SMILES string of the molecule is CC(C)CC(c1ccc(O)cc1)C1CCC(c2ccc(O)cc2)(c2ccc(O)cc2)CC1. The zero-order valence-corrected chi connectivity index (χ0v) is 19.0. The van der Waals surface area contributed by atoms with E-state index < -0.39 is 0 Å². The molecule has 0 radical (unpaired) electrons. The van der Waals surface area contributed by atoms with Gasteiger partial charge in [0.15, 0.2) is 0 Å². The van der Waals surface area contributed by atoms with Crippen molar-refractivity contribution in [3.63, 3.8) is 0 Å². The summed E-state index contributed by atoms with van der Waals surface area (Å²) in [7, 11) is 0. The maximum atomic E-state index is 9.84. The average molecular weight is 431 g/mol. The van der Waals surface area contributed by atoms with Crippen molar-refractivity contribution in [2.45, 2.75) is 57.3 Å². The molecule has 0 bridgehead atoms. The molecule has 3 heteroatoms. The lowest BCUT2D eigenvalue weighted by Gasteiger charge is -2.44. The van der Waals surface area contributed by atoms with Gasteiger partial charge in [0.2, 0.25) is 0 Å². The van der Waals surface area contributed by atoms with Gasteiger partial charge in [-0.05, 0) is 103 Å². The second kappa shape index (κ2) is 9.28. The Balaban J connectivity index is 1.64. The number of phenols is 3. The molecular weight excluding hydrogens is 396 g/mol. The van der Waals surface area contributed by atoms with Crippen LogP contribution in [0.15, 0.2) is 72.8 Å². The first kappa shape index (κ1) is 22.3. The van der Waals surface area contributed by atoms with Crippen LogP contribution in [0.1, 0.15) is 68.6 Å². The van der Waals surface area contributed by atoms with Crippen molar-refractivity contribution >= 4 is 0 Å².